The number of nitrogens with zero attached hydrogens (tertiary/aromatic N) is 1. The predicted molar refractivity (Wildman–Crippen MR) is 120 cm³/mol. The number of hydrogen-bond donors (Lipinski definition) is 1. The lowest BCUT2D eigenvalue weighted by Gasteiger charge is -2.27. The number of esters is 1. The predicted octanol–water partition coefficient (Wildman–Crippen LogP) is 3.49. The fourth-order valence-corrected chi connectivity index (χ4v) is 4.37. The van der Waals surface area contributed by atoms with Crippen molar-refractivity contribution >= 4 is 22.6 Å². The minimum absolute atomic E-state index is 0.0502. The Balaban J connectivity index is 1.62. The number of fused-ring (bicyclic) bond motifs is 1. The molecule has 2 aliphatic rings. The van der Waals surface area contributed by atoms with E-state index in [1.807, 2.05) is 38.3 Å². The maximum atomic E-state index is 14.4. The van der Waals surface area contributed by atoms with Crippen molar-refractivity contribution in [3.63, 3.8) is 0 Å². The normalized spacial score (nSPS) is 24.5. The molecule has 0 aliphatic carbocycles. The van der Waals surface area contributed by atoms with Crippen molar-refractivity contribution in [1.82, 2.24) is 4.57 Å². The third kappa shape index (κ3) is 4.87. The van der Waals surface area contributed by atoms with Crippen LogP contribution < -0.4 is 5.73 Å². The SMILES string of the molecule is CC1(C)OCC(COC(=O)C(C)(C)c2cc3cc(N)c(F)cc3n2CC2COC(C)(C)O2)O1. The van der Waals surface area contributed by atoms with Gasteiger partial charge in [-0.3, -0.25) is 4.79 Å². The van der Waals surface area contributed by atoms with Gasteiger partial charge < -0.3 is 34.0 Å². The lowest BCUT2D eigenvalue weighted by atomic mass is 9.89. The van der Waals surface area contributed by atoms with E-state index in [1.54, 1.807) is 19.9 Å². The van der Waals surface area contributed by atoms with Gasteiger partial charge in [0, 0.05) is 17.1 Å². The Bertz CT molecular complexity index is 1060. The molecule has 9 heteroatoms. The van der Waals surface area contributed by atoms with Crippen LogP contribution in [0.1, 0.15) is 47.2 Å². The summed E-state index contributed by atoms with van der Waals surface area (Å²) in [6.45, 7) is 12.1. The van der Waals surface area contributed by atoms with Crippen LogP contribution in [-0.4, -0.2) is 54.1 Å². The molecule has 182 valence electrons. The Morgan fingerprint density at radius 2 is 1.73 bits per heavy atom. The van der Waals surface area contributed by atoms with E-state index in [-0.39, 0.29) is 24.5 Å². The van der Waals surface area contributed by atoms with Gasteiger partial charge in [-0.15, -0.1) is 0 Å². The first-order chi connectivity index (χ1) is 15.3. The summed E-state index contributed by atoms with van der Waals surface area (Å²) >= 11 is 0. The number of benzene rings is 1. The Hall–Kier alpha value is -2.20. The molecular formula is C24H33FN2O6. The van der Waals surface area contributed by atoms with Crippen LogP contribution in [0.15, 0.2) is 18.2 Å². The Morgan fingerprint density at radius 3 is 2.30 bits per heavy atom. The van der Waals surface area contributed by atoms with Gasteiger partial charge in [-0.05, 0) is 53.7 Å². The lowest BCUT2D eigenvalue weighted by molar-refractivity contribution is -0.162. The summed E-state index contributed by atoms with van der Waals surface area (Å²) in [4.78, 5) is 13.2. The fraction of sp³-hybridized carbons (Fsp3) is 0.625. The molecule has 4 rings (SSSR count). The van der Waals surface area contributed by atoms with E-state index < -0.39 is 28.8 Å². The Morgan fingerprint density at radius 1 is 1.12 bits per heavy atom. The first kappa shape index (κ1) is 23.9. The highest BCUT2D eigenvalue weighted by atomic mass is 19.1. The summed E-state index contributed by atoms with van der Waals surface area (Å²) in [6, 6.07) is 4.82. The van der Waals surface area contributed by atoms with Crippen LogP contribution in [-0.2, 0) is 40.4 Å². The van der Waals surface area contributed by atoms with Gasteiger partial charge in [0.15, 0.2) is 11.6 Å². The van der Waals surface area contributed by atoms with Crippen LogP contribution in [0.25, 0.3) is 10.9 Å². The van der Waals surface area contributed by atoms with Gasteiger partial charge in [0.05, 0.1) is 31.0 Å². The van der Waals surface area contributed by atoms with Crippen LogP contribution in [0.2, 0.25) is 0 Å². The summed E-state index contributed by atoms with van der Waals surface area (Å²) < 4.78 is 44.8. The average molecular weight is 465 g/mol. The highest BCUT2D eigenvalue weighted by Crippen LogP contribution is 2.35. The molecule has 8 nitrogen and oxygen atoms in total. The molecule has 2 saturated heterocycles. The van der Waals surface area contributed by atoms with Gasteiger partial charge >= 0.3 is 5.97 Å². The van der Waals surface area contributed by atoms with E-state index in [0.29, 0.717) is 31.0 Å². The summed E-state index contributed by atoms with van der Waals surface area (Å²) in [7, 11) is 0. The molecule has 0 amide bonds. The van der Waals surface area contributed by atoms with E-state index in [0.717, 1.165) is 5.39 Å². The number of carbonyl (C=O) groups excluding carboxylic acids is 1. The second-order valence-corrected chi connectivity index (χ2v) is 10.2. The molecule has 2 N–H and O–H groups in total. The number of halogens is 1. The van der Waals surface area contributed by atoms with Crippen molar-refractivity contribution in [3.05, 3.63) is 29.7 Å². The smallest absolute Gasteiger partial charge is 0.317 e. The third-order valence-electron chi connectivity index (χ3n) is 6.09. The maximum absolute atomic E-state index is 14.4. The zero-order valence-electron chi connectivity index (χ0n) is 20.1. The van der Waals surface area contributed by atoms with E-state index in [1.165, 1.54) is 6.07 Å². The monoisotopic (exact) mass is 464 g/mol. The van der Waals surface area contributed by atoms with Crippen molar-refractivity contribution in [2.45, 2.75) is 77.3 Å². The summed E-state index contributed by atoms with van der Waals surface area (Å²) in [5.74, 6) is -2.33. The molecule has 2 unspecified atom stereocenters. The Labute approximate surface area is 193 Å². The van der Waals surface area contributed by atoms with Crippen molar-refractivity contribution in [2.24, 2.45) is 0 Å². The number of nitrogen functional groups attached to an aromatic ring is 1. The second-order valence-electron chi connectivity index (χ2n) is 10.2. The van der Waals surface area contributed by atoms with Gasteiger partial charge in [-0.1, -0.05) is 0 Å². The first-order valence-corrected chi connectivity index (χ1v) is 11.2. The molecule has 2 fully saturated rings. The van der Waals surface area contributed by atoms with Crippen molar-refractivity contribution in [1.29, 1.82) is 0 Å². The molecule has 0 spiro atoms. The van der Waals surface area contributed by atoms with Crippen LogP contribution in [0.5, 0.6) is 0 Å². The molecule has 2 atom stereocenters. The van der Waals surface area contributed by atoms with Gasteiger partial charge in [0.2, 0.25) is 0 Å². The van der Waals surface area contributed by atoms with Gasteiger partial charge in [0.1, 0.15) is 30.0 Å². The number of aromatic nitrogens is 1. The lowest BCUT2D eigenvalue weighted by Crippen LogP contribution is -2.36. The van der Waals surface area contributed by atoms with Crippen LogP contribution in [0.4, 0.5) is 10.1 Å². The Kier molecular flexibility index (Phi) is 5.97. The topological polar surface area (TPSA) is 94.2 Å². The molecule has 0 bridgehead atoms. The highest BCUT2D eigenvalue weighted by molar-refractivity contribution is 5.89. The van der Waals surface area contributed by atoms with Crippen LogP contribution >= 0.6 is 0 Å². The van der Waals surface area contributed by atoms with Crippen LogP contribution in [0.3, 0.4) is 0 Å². The third-order valence-corrected chi connectivity index (χ3v) is 6.09. The van der Waals surface area contributed by atoms with Crippen LogP contribution in [0, 0.1) is 5.82 Å². The molecule has 3 heterocycles. The second kappa shape index (κ2) is 8.23. The summed E-state index contributed by atoms with van der Waals surface area (Å²) in [5, 5.41) is 0.734. The summed E-state index contributed by atoms with van der Waals surface area (Å²) in [5.41, 5.74) is 6.12. The molecule has 1 aromatic heterocycles. The first-order valence-electron chi connectivity index (χ1n) is 11.2. The minimum Gasteiger partial charge on any atom is -0.462 e. The number of rotatable bonds is 6. The number of nitrogens with two attached hydrogens (primary N) is 1. The van der Waals surface area contributed by atoms with E-state index in [2.05, 4.69) is 0 Å². The van der Waals surface area contributed by atoms with Crippen molar-refractivity contribution < 1.29 is 32.9 Å². The highest BCUT2D eigenvalue weighted by Gasteiger charge is 2.40. The van der Waals surface area contributed by atoms with Crippen molar-refractivity contribution in [2.75, 3.05) is 25.6 Å². The maximum Gasteiger partial charge on any atom is 0.317 e. The molecule has 2 aliphatic heterocycles. The fourth-order valence-electron chi connectivity index (χ4n) is 4.37. The molecule has 2 aromatic rings. The van der Waals surface area contributed by atoms with Gasteiger partial charge in [0.25, 0.3) is 0 Å². The van der Waals surface area contributed by atoms with Crippen molar-refractivity contribution in [3.8, 4) is 0 Å². The number of hydrogen-bond acceptors (Lipinski definition) is 7. The number of ether oxygens (including phenoxy) is 5. The summed E-state index contributed by atoms with van der Waals surface area (Å²) in [6.07, 6.45) is -0.584. The molecule has 33 heavy (non-hydrogen) atoms. The molecular weight excluding hydrogens is 431 g/mol. The van der Waals surface area contributed by atoms with E-state index in [4.69, 9.17) is 29.4 Å². The number of carbonyl (C=O) groups is 1. The largest absolute Gasteiger partial charge is 0.462 e. The average Bonchev–Trinajstić information content (AvgIpc) is 3.36. The van der Waals surface area contributed by atoms with Gasteiger partial charge in [-0.2, -0.15) is 0 Å². The standard InChI is InChI=1S/C24H33FN2O6/c1-22(2,21(28)29-11-16-13-31-24(5,6)33-16)20-8-14-7-18(26)17(25)9-19(14)27(20)10-15-12-30-23(3,4)32-15/h7-9,15-16H,10-13,26H2,1-6H3. The molecule has 0 saturated carbocycles. The van der Waals surface area contributed by atoms with E-state index in [9.17, 15) is 9.18 Å². The quantitative estimate of drug-likeness (QED) is 0.517. The molecule has 0 radical (unpaired) electrons. The molecule has 1 aromatic carbocycles. The zero-order chi connectivity index (χ0) is 24.2. The van der Waals surface area contributed by atoms with Gasteiger partial charge in [-0.25, -0.2) is 4.39 Å². The van der Waals surface area contributed by atoms with E-state index >= 15 is 0 Å². The number of anilines is 1. The zero-order valence-corrected chi connectivity index (χ0v) is 20.1. The minimum atomic E-state index is -1.03.